The Morgan fingerprint density at radius 2 is 1.82 bits per heavy atom. The molecule has 2 saturated heterocycles. The molecule has 1 atom stereocenters. The van der Waals surface area contributed by atoms with E-state index in [1.165, 1.54) is 6.07 Å². The Hall–Kier alpha value is -3.54. The van der Waals surface area contributed by atoms with Gasteiger partial charge in [0.05, 0.1) is 17.2 Å². The van der Waals surface area contributed by atoms with Crippen LogP contribution in [0.2, 0.25) is 0 Å². The van der Waals surface area contributed by atoms with E-state index in [0.29, 0.717) is 44.5 Å². The Morgan fingerprint density at radius 1 is 1.15 bits per heavy atom. The van der Waals surface area contributed by atoms with Crippen molar-refractivity contribution in [1.82, 2.24) is 4.90 Å². The highest BCUT2D eigenvalue weighted by molar-refractivity contribution is 5.95. The van der Waals surface area contributed by atoms with Crippen LogP contribution in [0, 0.1) is 23.7 Å². The molecule has 34 heavy (non-hydrogen) atoms. The molecule has 2 aliphatic heterocycles. The summed E-state index contributed by atoms with van der Waals surface area (Å²) in [5.74, 6) is -0.649. The van der Waals surface area contributed by atoms with Crippen molar-refractivity contribution in [3.63, 3.8) is 0 Å². The van der Waals surface area contributed by atoms with Crippen LogP contribution in [0.4, 0.5) is 18.9 Å². The monoisotopic (exact) mass is 470 g/mol. The highest BCUT2D eigenvalue weighted by Crippen LogP contribution is 2.46. The Bertz CT molecular complexity index is 1160. The van der Waals surface area contributed by atoms with Gasteiger partial charge < -0.3 is 15.5 Å². The topological polar surface area (TPSA) is 90.4 Å². The van der Waals surface area contributed by atoms with E-state index in [-0.39, 0.29) is 17.0 Å². The van der Waals surface area contributed by atoms with Gasteiger partial charge in [-0.1, -0.05) is 18.2 Å². The lowest BCUT2D eigenvalue weighted by molar-refractivity contribution is -0.137. The Kier molecular flexibility index (Phi) is 6.02. The van der Waals surface area contributed by atoms with Gasteiger partial charge in [-0.2, -0.15) is 18.4 Å². The van der Waals surface area contributed by atoms with E-state index in [1.54, 1.807) is 21.9 Å². The fourth-order valence-electron chi connectivity index (χ4n) is 5.15. The van der Waals surface area contributed by atoms with Crippen LogP contribution in [0.15, 0.2) is 42.5 Å². The first-order chi connectivity index (χ1) is 16.0. The molecule has 0 saturated carbocycles. The van der Waals surface area contributed by atoms with E-state index in [0.717, 1.165) is 17.7 Å². The van der Waals surface area contributed by atoms with Crippen molar-refractivity contribution in [2.45, 2.75) is 38.4 Å². The van der Waals surface area contributed by atoms with Crippen molar-refractivity contribution in [2.24, 2.45) is 11.1 Å². The van der Waals surface area contributed by atoms with E-state index >= 15 is 0 Å². The lowest BCUT2D eigenvalue weighted by atomic mass is 9.76. The molecule has 0 radical (unpaired) electrons. The second-order valence-corrected chi connectivity index (χ2v) is 9.20. The van der Waals surface area contributed by atoms with Gasteiger partial charge in [0.25, 0.3) is 5.91 Å². The molecule has 1 unspecified atom stereocenters. The van der Waals surface area contributed by atoms with E-state index < -0.39 is 29.3 Å². The number of nitriles is 1. The van der Waals surface area contributed by atoms with E-state index in [9.17, 15) is 22.8 Å². The number of carbonyl (C=O) groups is 2. The maximum Gasteiger partial charge on any atom is 0.417 e. The summed E-state index contributed by atoms with van der Waals surface area (Å²) < 4.78 is 40.5. The van der Waals surface area contributed by atoms with Crippen molar-refractivity contribution >= 4 is 17.5 Å². The van der Waals surface area contributed by atoms with Crippen molar-refractivity contribution in [1.29, 1.82) is 5.26 Å². The number of primary amides is 1. The van der Waals surface area contributed by atoms with Gasteiger partial charge in [-0.15, -0.1) is 0 Å². The van der Waals surface area contributed by atoms with Crippen molar-refractivity contribution < 1.29 is 22.8 Å². The van der Waals surface area contributed by atoms with Gasteiger partial charge in [-0.25, -0.2) is 0 Å². The SMILES string of the molecule is Cc1ccccc1C(=O)N1CCC2(CC1)CC(C(N)=O)N(c1ccc(C#N)c(C(F)(F)F)c1)C2. The molecule has 1 spiro atoms. The highest BCUT2D eigenvalue weighted by atomic mass is 19.4. The van der Waals surface area contributed by atoms with Crippen LogP contribution in [0.1, 0.15) is 46.3 Å². The minimum absolute atomic E-state index is 0.0452. The molecular weight excluding hydrogens is 445 g/mol. The molecule has 2 aromatic carbocycles. The van der Waals surface area contributed by atoms with Crippen LogP contribution in [0.3, 0.4) is 0 Å². The average Bonchev–Trinajstić information content (AvgIpc) is 3.18. The summed E-state index contributed by atoms with van der Waals surface area (Å²) in [6.45, 7) is 3.23. The van der Waals surface area contributed by atoms with Crippen molar-refractivity contribution in [2.75, 3.05) is 24.5 Å². The molecule has 0 bridgehead atoms. The molecule has 2 fully saturated rings. The smallest absolute Gasteiger partial charge is 0.368 e. The minimum atomic E-state index is -4.69. The number of amides is 2. The third kappa shape index (κ3) is 4.32. The van der Waals surface area contributed by atoms with Gasteiger partial charge in [0, 0.05) is 30.9 Å². The molecule has 2 amide bonds. The number of alkyl halides is 3. The minimum Gasteiger partial charge on any atom is -0.368 e. The molecule has 178 valence electrons. The van der Waals surface area contributed by atoms with Gasteiger partial charge in [-0.3, -0.25) is 9.59 Å². The lowest BCUT2D eigenvalue weighted by Gasteiger charge is -2.39. The Balaban J connectivity index is 1.56. The number of hydrogen-bond acceptors (Lipinski definition) is 4. The summed E-state index contributed by atoms with van der Waals surface area (Å²) in [7, 11) is 0. The molecule has 0 aliphatic carbocycles. The largest absolute Gasteiger partial charge is 0.417 e. The Labute approximate surface area is 195 Å². The van der Waals surface area contributed by atoms with Crippen LogP contribution in [0.5, 0.6) is 0 Å². The van der Waals surface area contributed by atoms with Crippen LogP contribution >= 0.6 is 0 Å². The second kappa shape index (κ2) is 8.67. The van der Waals surface area contributed by atoms with Gasteiger partial charge in [0.1, 0.15) is 6.04 Å². The maximum atomic E-state index is 13.5. The number of rotatable bonds is 3. The number of anilines is 1. The van der Waals surface area contributed by atoms with Crippen LogP contribution in [-0.2, 0) is 11.0 Å². The van der Waals surface area contributed by atoms with Crippen LogP contribution < -0.4 is 10.6 Å². The summed E-state index contributed by atoms with van der Waals surface area (Å²) in [5.41, 5.74) is 5.57. The summed E-state index contributed by atoms with van der Waals surface area (Å²) >= 11 is 0. The third-order valence-electron chi connectivity index (χ3n) is 7.08. The number of carbonyl (C=O) groups excluding carboxylic acids is 2. The average molecular weight is 470 g/mol. The van der Waals surface area contributed by atoms with Crippen LogP contribution in [0.25, 0.3) is 0 Å². The summed E-state index contributed by atoms with van der Waals surface area (Å²) in [4.78, 5) is 28.6. The molecule has 2 heterocycles. The van der Waals surface area contributed by atoms with Crippen LogP contribution in [-0.4, -0.2) is 42.4 Å². The lowest BCUT2D eigenvalue weighted by Crippen LogP contribution is -2.44. The summed E-state index contributed by atoms with van der Waals surface area (Å²) in [6, 6.07) is 11.7. The van der Waals surface area contributed by atoms with Crippen molar-refractivity contribution in [3.8, 4) is 6.07 Å². The fraction of sp³-hybridized carbons (Fsp3) is 0.400. The van der Waals surface area contributed by atoms with E-state index in [1.807, 2.05) is 25.1 Å². The number of hydrogen-bond donors (Lipinski definition) is 1. The number of benzene rings is 2. The zero-order chi connectivity index (χ0) is 24.7. The predicted molar refractivity (Wildman–Crippen MR) is 120 cm³/mol. The van der Waals surface area contributed by atoms with E-state index in [2.05, 4.69) is 0 Å². The maximum absolute atomic E-state index is 13.5. The first kappa shape index (κ1) is 23.6. The number of piperidine rings is 1. The van der Waals surface area contributed by atoms with Gasteiger partial charge in [-0.05, 0) is 61.4 Å². The molecule has 0 aromatic heterocycles. The molecule has 9 heteroatoms. The third-order valence-corrected chi connectivity index (χ3v) is 7.08. The normalized spacial score (nSPS) is 19.8. The van der Waals surface area contributed by atoms with Gasteiger partial charge >= 0.3 is 6.18 Å². The zero-order valence-electron chi connectivity index (χ0n) is 18.7. The molecule has 4 rings (SSSR count). The standard InChI is InChI=1S/C25H25F3N4O2/c1-16-4-2-3-5-19(16)23(34)31-10-8-24(9-11-31)13-21(22(30)33)32(15-24)18-7-6-17(14-29)20(12-18)25(26,27)28/h2-7,12,21H,8-11,13,15H2,1H3,(H2,30,33). The number of halogens is 3. The molecule has 2 aliphatic rings. The fourth-order valence-corrected chi connectivity index (χ4v) is 5.15. The van der Waals surface area contributed by atoms with Gasteiger partial charge in [0.2, 0.25) is 5.91 Å². The molecule has 2 N–H and O–H groups in total. The first-order valence-corrected chi connectivity index (χ1v) is 11.1. The number of nitrogens with zero attached hydrogens (tertiary/aromatic N) is 3. The number of likely N-dealkylation sites (tertiary alicyclic amines) is 1. The highest BCUT2D eigenvalue weighted by Gasteiger charge is 2.48. The molecular formula is C25H25F3N4O2. The second-order valence-electron chi connectivity index (χ2n) is 9.20. The number of nitrogens with two attached hydrogens (primary N) is 1. The van der Waals surface area contributed by atoms with E-state index in [4.69, 9.17) is 11.0 Å². The first-order valence-electron chi connectivity index (χ1n) is 11.1. The molecule has 6 nitrogen and oxygen atoms in total. The quantitative estimate of drug-likeness (QED) is 0.737. The number of aryl methyl sites for hydroxylation is 1. The Morgan fingerprint density at radius 3 is 2.41 bits per heavy atom. The zero-order valence-corrected chi connectivity index (χ0v) is 18.7. The predicted octanol–water partition coefficient (Wildman–Crippen LogP) is 3.87. The van der Waals surface area contributed by atoms with Gasteiger partial charge in [0.15, 0.2) is 0 Å². The molecule has 2 aromatic rings. The summed E-state index contributed by atoms with van der Waals surface area (Å²) in [5, 5.41) is 9.08. The summed E-state index contributed by atoms with van der Waals surface area (Å²) in [6.07, 6.45) is -3.04. The van der Waals surface area contributed by atoms with Crippen molar-refractivity contribution in [3.05, 3.63) is 64.7 Å².